The lowest BCUT2D eigenvalue weighted by atomic mass is 9.85. The van der Waals surface area contributed by atoms with E-state index >= 15 is 0 Å². The number of urea groups is 2. The van der Waals surface area contributed by atoms with Gasteiger partial charge in [-0.15, -0.1) is 0 Å². The molecule has 0 aromatic heterocycles. The van der Waals surface area contributed by atoms with Gasteiger partial charge in [-0.3, -0.25) is 9.80 Å². The molecule has 2 atom stereocenters. The predicted molar refractivity (Wildman–Crippen MR) is 149 cm³/mol. The number of hydrogen-bond donors (Lipinski definition) is 2. The maximum atomic E-state index is 13.4. The summed E-state index contributed by atoms with van der Waals surface area (Å²) in [5.74, 6) is -0.420. The Morgan fingerprint density at radius 3 is 2.34 bits per heavy atom. The van der Waals surface area contributed by atoms with Crippen LogP contribution in [0.3, 0.4) is 0 Å². The Morgan fingerprint density at radius 1 is 1.11 bits per heavy atom. The van der Waals surface area contributed by atoms with E-state index in [1.807, 2.05) is 37.8 Å². The Morgan fingerprint density at radius 2 is 1.79 bits per heavy atom. The fourth-order valence-corrected chi connectivity index (χ4v) is 5.11. The van der Waals surface area contributed by atoms with E-state index in [4.69, 9.17) is 4.74 Å². The summed E-state index contributed by atoms with van der Waals surface area (Å²) < 4.78 is 5.51. The van der Waals surface area contributed by atoms with Crippen molar-refractivity contribution in [3.8, 4) is 0 Å². The van der Waals surface area contributed by atoms with Crippen molar-refractivity contribution in [3.05, 3.63) is 46.7 Å². The average molecular weight is 528 g/mol. The third kappa shape index (κ3) is 6.67. The van der Waals surface area contributed by atoms with Gasteiger partial charge >= 0.3 is 18.0 Å². The van der Waals surface area contributed by atoms with Crippen LogP contribution < -0.4 is 10.6 Å². The van der Waals surface area contributed by atoms with Crippen molar-refractivity contribution in [2.45, 2.75) is 72.4 Å². The van der Waals surface area contributed by atoms with Crippen LogP contribution in [0.1, 0.15) is 72.1 Å². The van der Waals surface area contributed by atoms with Crippen molar-refractivity contribution in [2.75, 3.05) is 45.9 Å². The molecule has 38 heavy (non-hydrogen) atoms. The van der Waals surface area contributed by atoms with Gasteiger partial charge in [-0.05, 0) is 43.7 Å². The van der Waals surface area contributed by atoms with Crippen LogP contribution in [0, 0.1) is 0 Å². The molecule has 3 rings (SSSR count). The van der Waals surface area contributed by atoms with Crippen molar-refractivity contribution in [2.24, 2.45) is 0 Å². The Labute approximate surface area is 227 Å². The minimum absolute atomic E-state index is 0.000447. The van der Waals surface area contributed by atoms with Gasteiger partial charge < -0.3 is 20.3 Å². The van der Waals surface area contributed by atoms with Gasteiger partial charge in [0.15, 0.2) is 0 Å². The van der Waals surface area contributed by atoms with Gasteiger partial charge in [0.1, 0.15) is 0 Å². The number of carbonyl (C=O) groups excluding carboxylic acids is 3. The van der Waals surface area contributed by atoms with E-state index in [1.54, 1.807) is 11.8 Å². The summed E-state index contributed by atoms with van der Waals surface area (Å²) >= 11 is 0. The zero-order chi connectivity index (χ0) is 28.0. The molecule has 2 heterocycles. The number of ether oxygens (including phenoxy) is 1. The average Bonchev–Trinajstić information content (AvgIpc) is 2.87. The van der Waals surface area contributed by atoms with Crippen LogP contribution in [0.4, 0.5) is 9.59 Å². The van der Waals surface area contributed by atoms with Crippen molar-refractivity contribution < 1.29 is 19.1 Å². The molecule has 4 amide bonds. The SMILES string of the molecule is CCCNC(=O)N1CCN(CC2=C(C(=O)OCC)C(c3ccc(C(C)(C)C)cc3)NC(=O)N2CC)CC1C. The third-order valence-corrected chi connectivity index (χ3v) is 7.23. The molecular formula is C29H45N5O4. The number of piperazine rings is 1. The highest BCUT2D eigenvalue weighted by Crippen LogP contribution is 2.33. The standard InChI is InChI=1S/C29H45N5O4/c1-8-15-30-27(36)34-17-16-32(18-20(34)4)19-23-24(26(35)38-10-3)25(31-28(37)33(23)9-2)21-11-13-22(14-12-21)29(5,6)7/h11-14,20,25H,8-10,15-19H2,1-7H3,(H,30,36)(H,31,37). The van der Waals surface area contributed by atoms with E-state index in [0.29, 0.717) is 50.5 Å². The number of hydrogen-bond acceptors (Lipinski definition) is 5. The van der Waals surface area contributed by atoms with Crippen LogP contribution in [0.5, 0.6) is 0 Å². The molecule has 0 saturated carbocycles. The van der Waals surface area contributed by atoms with Gasteiger partial charge in [-0.25, -0.2) is 14.4 Å². The second-order valence-electron chi connectivity index (χ2n) is 11.1. The minimum Gasteiger partial charge on any atom is -0.463 e. The number of benzene rings is 1. The summed E-state index contributed by atoms with van der Waals surface area (Å²) in [5.41, 5.74) is 3.14. The summed E-state index contributed by atoms with van der Waals surface area (Å²) in [7, 11) is 0. The van der Waals surface area contributed by atoms with Gasteiger partial charge in [0.05, 0.1) is 18.2 Å². The van der Waals surface area contributed by atoms with E-state index in [1.165, 1.54) is 5.56 Å². The van der Waals surface area contributed by atoms with Crippen molar-refractivity contribution in [1.82, 2.24) is 25.3 Å². The van der Waals surface area contributed by atoms with Crippen LogP contribution in [-0.4, -0.2) is 84.6 Å². The summed E-state index contributed by atoms with van der Waals surface area (Å²) in [6.45, 7) is 17.8. The molecule has 1 aromatic carbocycles. The summed E-state index contributed by atoms with van der Waals surface area (Å²) in [6, 6.07) is 7.20. The van der Waals surface area contributed by atoms with Gasteiger partial charge in [-0.1, -0.05) is 52.0 Å². The zero-order valence-corrected chi connectivity index (χ0v) is 24.1. The molecule has 9 nitrogen and oxygen atoms in total. The largest absolute Gasteiger partial charge is 0.463 e. The fourth-order valence-electron chi connectivity index (χ4n) is 5.11. The molecule has 1 aromatic rings. The summed E-state index contributed by atoms with van der Waals surface area (Å²) in [5, 5.41) is 6.01. The molecule has 0 radical (unpaired) electrons. The van der Waals surface area contributed by atoms with Gasteiger partial charge in [0.25, 0.3) is 0 Å². The Balaban J connectivity index is 1.95. The van der Waals surface area contributed by atoms with Crippen LogP contribution in [-0.2, 0) is 14.9 Å². The zero-order valence-electron chi connectivity index (χ0n) is 24.1. The Kier molecular flexibility index (Phi) is 9.82. The first kappa shape index (κ1) is 29.5. The smallest absolute Gasteiger partial charge is 0.338 e. The molecule has 0 aliphatic carbocycles. The van der Waals surface area contributed by atoms with Crippen LogP contribution in [0.2, 0.25) is 0 Å². The van der Waals surface area contributed by atoms with E-state index in [0.717, 1.165) is 12.0 Å². The molecule has 210 valence electrons. The molecule has 0 spiro atoms. The van der Waals surface area contributed by atoms with Crippen LogP contribution >= 0.6 is 0 Å². The highest BCUT2D eigenvalue weighted by atomic mass is 16.5. The quantitative estimate of drug-likeness (QED) is 0.498. The molecule has 1 fully saturated rings. The van der Waals surface area contributed by atoms with Gasteiger partial charge in [0.2, 0.25) is 0 Å². The lowest BCUT2D eigenvalue weighted by Gasteiger charge is -2.42. The van der Waals surface area contributed by atoms with Gasteiger partial charge in [0, 0.05) is 51.0 Å². The van der Waals surface area contributed by atoms with Crippen LogP contribution in [0.15, 0.2) is 35.5 Å². The first-order valence-corrected chi connectivity index (χ1v) is 13.9. The van der Waals surface area contributed by atoms with E-state index < -0.39 is 12.0 Å². The molecule has 2 N–H and O–H groups in total. The predicted octanol–water partition coefficient (Wildman–Crippen LogP) is 4.01. The number of likely N-dealkylation sites (N-methyl/N-ethyl adjacent to an activating group) is 1. The first-order valence-electron chi connectivity index (χ1n) is 13.9. The number of carbonyl (C=O) groups is 3. The number of nitrogens with one attached hydrogen (secondary N) is 2. The fraction of sp³-hybridized carbons (Fsp3) is 0.621. The molecular weight excluding hydrogens is 482 g/mol. The van der Waals surface area contributed by atoms with Crippen LogP contribution in [0.25, 0.3) is 0 Å². The van der Waals surface area contributed by atoms with E-state index in [2.05, 4.69) is 48.4 Å². The Hall–Kier alpha value is -3.07. The monoisotopic (exact) mass is 527 g/mol. The lowest BCUT2D eigenvalue weighted by molar-refractivity contribution is -0.139. The third-order valence-electron chi connectivity index (χ3n) is 7.23. The second kappa shape index (κ2) is 12.7. The van der Waals surface area contributed by atoms with Gasteiger partial charge in [-0.2, -0.15) is 0 Å². The molecule has 0 bridgehead atoms. The second-order valence-corrected chi connectivity index (χ2v) is 11.1. The number of rotatable bonds is 8. The molecule has 2 unspecified atom stereocenters. The first-order chi connectivity index (χ1) is 18.0. The maximum Gasteiger partial charge on any atom is 0.338 e. The molecule has 2 aliphatic heterocycles. The minimum atomic E-state index is -0.605. The Bertz CT molecular complexity index is 1030. The molecule has 1 saturated heterocycles. The van der Waals surface area contributed by atoms with Crippen molar-refractivity contribution >= 4 is 18.0 Å². The number of amides is 4. The lowest BCUT2D eigenvalue weighted by Crippen LogP contribution is -2.58. The topological polar surface area (TPSA) is 94.2 Å². The van der Waals surface area contributed by atoms with E-state index in [-0.39, 0.29) is 30.1 Å². The summed E-state index contributed by atoms with van der Waals surface area (Å²) in [4.78, 5) is 44.9. The molecule has 9 heteroatoms. The number of nitrogens with zero attached hydrogens (tertiary/aromatic N) is 3. The van der Waals surface area contributed by atoms with Crippen molar-refractivity contribution in [3.63, 3.8) is 0 Å². The summed E-state index contributed by atoms with van der Waals surface area (Å²) in [6.07, 6.45) is 0.889. The maximum absolute atomic E-state index is 13.4. The van der Waals surface area contributed by atoms with E-state index in [9.17, 15) is 14.4 Å². The highest BCUT2D eigenvalue weighted by Gasteiger charge is 2.39. The van der Waals surface area contributed by atoms with Crippen molar-refractivity contribution in [1.29, 1.82) is 0 Å². The molecule has 2 aliphatic rings. The normalized spacial score (nSPS) is 20.9. The number of esters is 1. The highest BCUT2D eigenvalue weighted by molar-refractivity contribution is 5.95.